The second-order valence-corrected chi connectivity index (χ2v) is 7.68. The van der Waals surface area contributed by atoms with Gasteiger partial charge in [-0.1, -0.05) is 11.8 Å². The van der Waals surface area contributed by atoms with E-state index in [0.717, 1.165) is 11.3 Å². The first-order valence-corrected chi connectivity index (χ1v) is 10.4. The fraction of sp³-hybridized carbons (Fsp3) is 0.238. The Morgan fingerprint density at radius 3 is 2.55 bits per heavy atom. The fourth-order valence-corrected chi connectivity index (χ4v) is 3.80. The molecule has 1 amide bonds. The van der Waals surface area contributed by atoms with Crippen molar-refractivity contribution >= 4 is 29.1 Å². The number of amides is 1. The van der Waals surface area contributed by atoms with Gasteiger partial charge < -0.3 is 24.1 Å². The quantitative estimate of drug-likeness (QED) is 0.441. The van der Waals surface area contributed by atoms with Gasteiger partial charge in [-0.2, -0.15) is 0 Å². The van der Waals surface area contributed by atoms with Crippen LogP contribution in [0.2, 0.25) is 0 Å². The maximum absolute atomic E-state index is 12.5. The van der Waals surface area contributed by atoms with Gasteiger partial charge in [0.15, 0.2) is 28.3 Å². The van der Waals surface area contributed by atoms with Gasteiger partial charge in [-0.3, -0.25) is 9.59 Å². The van der Waals surface area contributed by atoms with E-state index in [0.29, 0.717) is 33.7 Å². The van der Waals surface area contributed by atoms with Crippen molar-refractivity contribution in [2.75, 3.05) is 25.0 Å². The van der Waals surface area contributed by atoms with Crippen LogP contribution in [-0.2, 0) is 11.8 Å². The molecule has 0 aliphatic carbocycles. The molecular formula is C21H20N4O5S. The van der Waals surface area contributed by atoms with Crippen LogP contribution >= 0.6 is 11.8 Å². The van der Waals surface area contributed by atoms with Crippen molar-refractivity contribution in [3.8, 4) is 28.6 Å². The summed E-state index contributed by atoms with van der Waals surface area (Å²) in [7, 11) is 3.45. The van der Waals surface area contributed by atoms with Gasteiger partial charge >= 0.3 is 0 Å². The lowest BCUT2D eigenvalue weighted by atomic mass is 10.1. The monoisotopic (exact) mass is 440 g/mol. The van der Waals surface area contributed by atoms with Gasteiger partial charge in [-0.15, -0.1) is 10.2 Å². The topological polar surface area (TPSA) is 105 Å². The Kier molecular flexibility index (Phi) is 5.81. The van der Waals surface area contributed by atoms with Gasteiger partial charge in [0, 0.05) is 24.2 Å². The van der Waals surface area contributed by atoms with E-state index in [-0.39, 0.29) is 24.2 Å². The van der Waals surface area contributed by atoms with Crippen molar-refractivity contribution in [3.63, 3.8) is 0 Å². The Hall–Kier alpha value is -3.53. The summed E-state index contributed by atoms with van der Waals surface area (Å²) >= 11 is 1.25. The zero-order chi connectivity index (χ0) is 22.0. The number of nitrogens with one attached hydrogen (secondary N) is 1. The highest BCUT2D eigenvalue weighted by atomic mass is 32.2. The second-order valence-electron chi connectivity index (χ2n) is 6.74. The van der Waals surface area contributed by atoms with Crippen LogP contribution < -0.4 is 19.5 Å². The molecule has 0 saturated carbocycles. The largest absolute Gasteiger partial charge is 0.497 e. The van der Waals surface area contributed by atoms with E-state index in [2.05, 4.69) is 15.5 Å². The van der Waals surface area contributed by atoms with E-state index < -0.39 is 0 Å². The lowest BCUT2D eigenvalue weighted by molar-refractivity contribution is -0.113. The maximum atomic E-state index is 12.5. The van der Waals surface area contributed by atoms with Crippen molar-refractivity contribution < 1.29 is 23.8 Å². The highest BCUT2D eigenvalue weighted by Crippen LogP contribution is 2.37. The van der Waals surface area contributed by atoms with Gasteiger partial charge in [0.2, 0.25) is 12.7 Å². The van der Waals surface area contributed by atoms with Crippen LogP contribution in [0.5, 0.6) is 17.2 Å². The van der Waals surface area contributed by atoms with Gasteiger partial charge in [0.05, 0.1) is 18.6 Å². The van der Waals surface area contributed by atoms with Gasteiger partial charge in [0.1, 0.15) is 5.75 Å². The Morgan fingerprint density at radius 2 is 1.87 bits per heavy atom. The summed E-state index contributed by atoms with van der Waals surface area (Å²) in [5.41, 5.74) is 1.64. The smallest absolute Gasteiger partial charge is 0.234 e. The van der Waals surface area contributed by atoms with Crippen LogP contribution in [0.4, 0.5) is 5.69 Å². The zero-order valence-corrected chi connectivity index (χ0v) is 18.0. The fourth-order valence-electron chi connectivity index (χ4n) is 3.09. The molecule has 0 saturated heterocycles. The summed E-state index contributed by atoms with van der Waals surface area (Å²) in [5.74, 6) is 2.05. The van der Waals surface area contributed by atoms with Gasteiger partial charge in [-0.05, 0) is 37.3 Å². The summed E-state index contributed by atoms with van der Waals surface area (Å²) in [6, 6.07) is 10.7. The first-order chi connectivity index (χ1) is 15.0. The standard InChI is InChI=1S/C21H20N4O5S/c1-12(26)15-8-17-18(30-11-29-17)9-16(15)22-19(27)10-31-21-24-23-20(25(21)2)13-4-6-14(28-3)7-5-13/h4-9H,10-11H2,1-3H3,(H,22,27). The summed E-state index contributed by atoms with van der Waals surface area (Å²) < 4.78 is 17.6. The van der Waals surface area contributed by atoms with E-state index in [1.165, 1.54) is 18.7 Å². The van der Waals surface area contributed by atoms with Crippen molar-refractivity contribution in [3.05, 3.63) is 42.0 Å². The Morgan fingerprint density at radius 1 is 1.16 bits per heavy atom. The first kappa shape index (κ1) is 20.7. The Labute approximate surface area is 182 Å². The molecule has 2 heterocycles. The summed E-state index contributed by atoms with van der Waals surface area (Å²) in [6.07, 6.45) is 0. The second kappa shape index (κ2) is 8.68. The SMILES string of the molecule is COc1ccc(-c2nnc(SCC(=O)Nc3cc4c(cc3C(C)=O)OCO4)n2C)cc1. The molecule has 1 aliphatic heterocycles. The molecular weight excluding hydrogens is 420 g/mol. The minimum Gasteiger partial charge on any atom is -0.497 e. The molecule has 0 atom stereocenters. The number of anilines is 1. The molecule has 9 nitrogen and oxygen atoms in total. The van der Waals surface area contributed by atoms with Crippen LogP contribution in [0.15, 0.2) is 41.6 Å². The number of ether oxygens (including phenoxy) is 3. The molecule has 31 heavy (non-hydrogen) atoms. The lowest BCUT2D eigenvalue weighted by Gasteiger charge is -2.10. The van der Waals surface area contributed by atoms with Gasteiger partial charge in [0.25, 0.3) is 0 Å². The highest BCUT2D eigenvalue weighted by Gasteiger charge is 2.21. The number of thioether (sulfide) groups is 1. The number of hydrogen-bond acceptors (Lipinski definition) is 8. The Bertz CT molecular complexity index is 1140. The Balaban J connectivity index is 1.44. The minimum atomic E-state index is -0.277. The number of carbonyl (C=O) groups is 2. The minimum absolute atomic E-state index is 0.0859. The van der Waals surface area contributed by atoms with E-state index in [9.17, 15) is 9.59 Å². The molecule has 2 aromatic carbocycles. The number of carbonyl (C=O) groups excluding carboxylic acids is 2. The van der Waals surface area contributed by atoms with Crippen molar-refractivity contribution in [1.29, 1.82) is 0 Å². The average Bonchev–Trinajstić information content (AvgIpc) is 3.37. The number of fused-ring (bicyclic) bond motifs is 1. The molecule has 0 unspecified atom stereocenters. The number of ketones is 1. The van der Waals surface area contributed by atoms with Gasteiger partial charge in [-0.25, -0.2) is 0 Å². The van der Waals surface area contributed by atoms with E-state index in [4.69, 9.17) is 14.2 Å². The zero-order valence-electron chi connectivity index (χ0n) is 17.2. The summed E-state index contributed by atoms with van der Waals surface area (Å²) in [5, 5.41) is 11.8. The van der Waals surface area contributed by atoms with Crippen LogP contribution in [0.3, 0.4) is 0 Å². The van der Waals surface area contributed by atoms with Crippen LogP contribution in [0.1, 0.15) is 17.3 Å². The number of hydrogen-bond donors (Lipinski definition) is 1. The van der Waals surface area contributed by atoms with E-state index >= 15 is 0 Å². The molecule has 160 valence electrons. The lowest BCUT2D eigenvalue weighted by Crippen LogP contribution is -2.16. The molecule has 0 spiro atoms. The molecule has 1 N–H and O–H groups in total. The number of Topliss-reactive ketones (excluding diaryl/α,β-unsaturated/α-hetero) is 1. The number of rotatable bonds is 7. The van der Waals surface area contributed by atoms with Crippen molar-refractivity contribution in [2.45, 2.75) is 12.1 Å². The van der Waals surface area contributed by atoms with E-state index in [1.807, 2.05) is 35.9 Å². The van der Waals surface area contributed by atoms with Crippen LogP contribution in [0, 0.1) is 0 Å². The molecule has 10 heteroatoms. The first-order valence-electron chi connectivity index (χ1n) is 9.37. The molecule has 0 bridgehead atoms. The third kappa shape index (κ3) is 4.33. The third-order valence-electron chi connectivity index (χ3n) is 4.68. The number of methoxy groups -OCH3 is 1. The number of aromatic nitrogens is 3. The molecule has 1 aliphatic rings. The summed E-state index contributed by atoms with van der Waals surface area (Å²) in [4.78, 5) is 24.5. The van der Waals surface area contributed by atoms with Crippen molar-refractivity contribution in [1.82, 2.24) is 14.8 Å². The molecule has 3 aromatic rings. The highest BCUT2D eigenvalue weighted by molar-refractivity contribution is 7.99. The maximum Gasteiger partial charge on any atom is 0.234 e. The molecule has 0 fully saturated rings. The summed E-state index contributed by atoms with van der Waals surface area (Å²) in [6.45, 7) is 1.52. The van der Waals surface area contributed by atoms with E-state index in [1.54, 1.807) is 19.2 Å². The third-order valence-corrected chi connectivity index (χ3v) is 5.70. The number of nitrogens with zero attached hydrogens (tertiary/aromatic N) is 3. The molecule has 0 radical (unpaired) electrons. The molecule has 1 aromatic heterocycles. The van der Waals surface area contributed by atoms with Crippen molar-refractivity contribution in [2.24, 2.45) is 7.05 Å². The molecule has 4 rings (SSSR count). The normalized spacial score (nSPS) is 12.0. The number of benzene rings is 2. The predicted molar refractivity (Wildman–Crippen MR) is 115 cm³/mol. The van der Waals surface area contributed by atoms with Crippen LogP contribution in [0.25, 0.3) is 11.4 Å². The average molecular weight is 440 g/mol. The van der Waals surface area contributed by atoms with Crippen LogP contribution in [-0.4, -0.2) is 46.1 Å². The predicted octanol–water partition coefficient (Wildman–Crippen LogP) is 3.15.